The number of carbonyl (C=O) groups excluding carboxylic acids is 1. The van der Waals surface area contributed by atoms with Crippen molar-refractivity contribution in [1.29, 1.82) is 0 Å². The van der Waals surface area contributed by atoms with Crippen LogP contribution in [0.4, 0.5) is 11.4 Å². The Kier molecular flexibility index (Phi) is 8.65. The van der Waals surface area contributed by atoms with Crippen molar-refractivity contribution >= 4 is 67.0 Å². The van der Waals surface area contributed by atoms with Gasteiger partial charge in [-0.25, -0.2) is 0 Å². The predicted octanol–water partition coefficient (Wildman–Crippen LogP) is 1.85. The molecule has 14 heteroatoms. The van der Waals surface area contributed by atoms with Gasteiger partial charge < -0.3 is 20.7 Å². The molecule has 0 aliphatic heterocycles. The van der Waals surface area contributed by atoms with Gasteiger partial charge in [-0.2, -0.15) is 16.8 Å². The number of amides is 1. The molecule has 5 N–H and O–H groups in total. The average molecular weight is 516 g/mol. The van der Waals surface area contributed by atoms with E-state index < -0.39 is 35.9 Å². The fraction of sp³-hybridized carbons (Fsp3) is 0.158. The highest BCUT2D eigenvalue weighted by Crippen LogP contribution is 2.26. The van der Waals surface area contributed by atoms with Gasteiger partial charge in [-0.15, -0.1) is 0 Å². The molecule has 11 nitrogen and oxygen atoms in total. The maximum atomic E-state index is 11.9. The number of ether oxygens (including phenoxy) is 1. The smallest absolute Gasteiger partial charge is 0.295 e. The second kappa shape index (κ2) is 10.8. The lowest BCUT2D eigenvalue weighted by Crippen LogP contribution is -2.24. The monoisotopic (exact) mass is 515 g/mol. The van der Waals surface area contributed by atoms with E-state index in [4.69, 9.17) is 12.2 Å². The number of methoxy groups -OCH3 is 1. The van der Waals surface area contributed by atoms with Crippen LogP contribution < -0.4 is 16.0 Å². The Bertz CT molecular complexity index is 1310. The number of benzene rings is 2. The van der Waals surface area contributed by atoms with Crippen LogP contribution in [-0.4, -0.2) is 57.7 Å². The molecular formula is C19H21N3O8S3. The van der Waals surface area contributed by atoms with Crippen LogP contribution in [-0.2, 0) is 29.8 Å². The van der Waals surface area contributed by atoms with Crippen molar-refractivity contribution in [3.05, 3.63) is 47.5 Å². The van der Waals surface area contributed by atoms with Gasteiger partial charge in [-0.05, 0) is 47.6 Å². The number of thiocarbonyl (C=S) groups is 1. The molecule has 0 saturated heterocycles. The van der Waals surface area contributed by atoms with Crippen molar-refractivity contribution in [3.8, 4) is 0 Å². The third kappa shape index (κ3) is 7.59. The maximum Gasteiger partial charge on any atom is 0.295 e. The van der Waals surface area contributed by atoms with Gasteiger partial charge >= 0.3 is 0 Å². The first kappa shape index (κ1) is 26.4. The summed E-state index contributed by atoms with van der Waals surface area (Å²) in [7, 11) is -6.47. The minimum absolute atomic E-state index is 0.00194. The summed E-state index contributed by atoms with van der Waals surface area (Å²) in [6.45, 7) is -0.259. The molecule has 0 aliphatic carbocycles. The van der Waals surface area contributed by atoms with Crippen LogP contribution in [0.2, 0.25) is 0 Å². The van der Waals surface area contributed by atoms with Gasteiger partial charge in [0.2, 0.25) is 5.91 Å². The summed E-state index contributed by atoms with van der Waals surface area (Å²) >= 11 is 4.96. The molecule has 0 unspecified atom stereocenters. The van der Waals surface area contributed by atoms with Gasteiger partial charge in [-0.3, -0.25) is 13.9 Å². The lowest BCUT2D eigenvalue weighted by Gasteiger charge is -2.11. The second-order valence-electron chi connectivity index (χ2n) is 6.47. The first-order chi connectivity index (χ1) is 15.3. The Hall–Kier alpha value is -2.88. The first-order valence-corrected chi connectivity index (χ1v) is 12.3. The summed E-state index contributed by atoms with van der Waals surface area (Å²) in [6, 6.07) is 7.74. The van der Waals surface area contributed by atoms with Crippen LogP contribution in [0, 0.1) is 0 Å². The molecule has 2 aromatic rings. The minimum Gasteiger partial charge on any atom is -0.375 e. The maximum absolute atomic E-state index is 11.9. The number of hydrogen-bond donors (Lipinski definition) is 5. The molecule has 0 atom stereocenters. The number of hydrogen-bond acceptors (Lipinski definition) is 7. The van der Waals surface area contributed by atoms with Crippen molar-refractivity contribution in [2.75, 3.05) is 31.4 Å². The average Bonchev–Trinajstić information content (AvgIpc) is 2.72. The van der Waals surface area contributed by atoms with Crippen LogP contribution in [0.25, 0.3) is 12.2 Å². The normalized spacial score (nSPS) is 11.9. The van der Waals surface area contributed by atoms with Gasteiger partial charge in [-0.1, -0.05) is 24.3 Å². The van der Waals surface area contributed by atoms with E-state index in [-0.39, 0.29) is 34.2 Å². The van der Waals surface area contributed by atoms with Gasteiger partial charge in [0.1, 0.15) is 16.4 Å². The summed E-state index contributed by atoms with van der Waals surface area (Å²) in [4.78, 5) is 10.7. The van der Waals surface area contributed by atoms with E-state index >= 15 is 0 Å². The Morgan fingerprint density at radius 3 is 1.79 bits per heavy atom. The SMILES string of the molecule is CNC(=S)Nc1ccc(/C=C/c2ccc(NC(=O)COC)cc2S(=O)(=O)O)c(S(=O)(=O)O)c1. The summed E-state index contributed by atoms with van der Waals surface area (Å²) in [6.07, 6.45) is 2.48. The lowest BCUT2D eigenvalue weighted by molar-refractivity contribution is -0.119. The van der Waals surface area contributed by atoms with Crippen LogP contribution in [0.5, 0.6) is 0 Å². The Balaban J connectivity index is 2.49. The fourth-order valence-electron chi connectivity index (χ4n) is 2.65. The van der Waals surface area contributed by atoms with Crippen molar-refractivity contribution < 1.29 is 35.5 Å². The summed E-state index contributed by atoms with van der Waals surface area (Å²) in [5.41, 5.74) is 0.421. The van der Waals surface area contributed by atoms with E-state index in [2.05, 4.69) is 20.7 Å². The quantitative estimate of drug-likeness (QED) is 0.197. The molecule has 178 valence electrons. The van der Waals surface area contributed by atoms with Gasteiger partial charge in [0, 0.05) is 25.5 Å². The first-order valence-electron chi connectivity index (χ1n) is 9.04. The third-order valence-corrected chi connectivity index (χ3v) is 6.19. The Morgan fingerprint density at radius 1 is 0.939 bits per heavy atom. The highest BCUT2D eigenvalue weighted by molar-refractivity contribution is 7.86. The number of rotatable bonds is 8. The van der Waals surface area contributed by atoms with E-state index in [0.717, 1.165) is 12.1 Å². The van der Waals surface area contributed by atoms with Crippen molar-refractivity contribution in [1.82, 2.24) is 5.32 Å². The molecule has 0 aliphatic rings. The molecular weight excluding hydrogens is 494 g/mol. The summed E-state index contributed by atoms with van der Waals surface area (Å²) in [5.74, 6) is -0.536. The zero-order valence-electron chi connectivity index (χ0n) is 17.4. The Morgan fingerprint density at radius 2 is 1.39 bits per heavy atom. The van der Waals surface area contributed by atoms with Crippen molar-refractivity contribution in [2.45, 2.75) is 9.79 Å². The van der Waals surface area contributed by atoms with Crippen LogP contribution >= 0.6 is 12.2 Å². The molecule has 0 heterocycles. The van der Waals surface area contributed by atoms with Gasteiger partial charge in [0.25, 0.3) is 20.2 Å². The molecule has 33 heavy (non-hydrogen) atoms. The molecule has 2 rings (SSSR count). The minimum atomic E-state index is -4.70. The Labute approximate surface area is 196 Å². The molecule has 1 amide bonds. The highest BCUT2D eigenvalue weighted by atomic mass is 32.2. The molecule has 0 spiro atoms. The van der Waals surface area contributed by atoms with E-state index in [9.17, 15) is 30.7 Å². The number of nitrogens with one attached hydrogen (secondary N) is 3. The fourth-order valence-corrected chi connectivity index (χ4v) is 4.19. The predicted molar refractivity (Wildman–Crippen MR) is 127 cm³/mol. The summed E-state index contributed by atoms with van der Waals surface area (Å²) < 4.78 is 71.3. The molecule has 2 aromatic carbocycles. The van der Waals surface area contributed by atoms with Gasteiger partial charge in [0.15, 0.2) is 5.11 Å². The highest BCUT2D eigenvalue weighted by Gasteiger charge is 2.18. The molecule has 0 radical (unpaired) electrons. The summed E-state index contributed by atoms with van der Waals surface area (Å²) in [5, 5.41) is 8.02. The van der Waals surface area contributed by atoms with E-state index in [1.54, 1.807) is 7.05 Å². The molecule has 0 fully saturated rings. The van der Waals surface area contributed by atoms with E-state index in [1.165, 1.54) is 43.5 Å². The standard InChI is InChI=1S/C19H21N3O8S3/c1-20-19(31)22-15-8-6-13(17(10-15)33(27,28)29)4-3-12-5-7-14(21-18(23)11-30-2)9-16(12)32(24,25)26/h3-10H,11H2,1-2H3,(H,21,23)(H2,20,22,31)(H,24,25,26)(H,27,28,29)/b4-3+. The lowest BCUT2D eigenvalue weighted by atomic mass is 10.1. The number of carbonyl (C=O) groups is 1. The molecule has 0 aromatic heterocycles. The van der Waals surface area contributed by atoms with E-state index in [1.807, 2.05) is 0 Å². The van der Waals surface area contributed by atoms with Crippen molar-refractivity contribution in [3.63, 3.8) is 0 Å². The van der Waals surface area contributed by atoms with Crippen molar-refractivity contribution in [2.24, 2.45) is 0 Å². The third-order valence-electron chi connectivity index (χ3n) is 4.07. The van der Waals surface area contributed by atoms with Crippen LogP contribution in [0.1, 0.15) is 11.1 Å². The van der Waals surface area contributed by atoms with Gasteiger partial charge in [0.05, 0.1) is 0 Å². The largest absolute Gasteiger partial charge is 0.375 e. The van der Waals surface area contributed by atoms with Crippen LogP contribution in [0.15, 0.2) is 46.2 Å². The molecule has 0 saturated carbocycles. The second-order valence-corrected chi connectivity index (χ2v) is 9.66. The number of anilines is 2. The van der Waals surface area contributed by atoms with E-state index in [0.29, 0.717) is 0 Å². The topological polar surface area (TPSA) is 171 Å². The van der Waals surface area contributed by atoms with Crippen LogP contribution in [0.3, 0.4) is 0 Å². The zero-order valence-corrected chi connectivity index (χ0v) is 19.8. The zero-order chi connectivity index (χ0) is 24.8. The molecule has 0 bridgehead atoms.